The van der Waals surface area contributed by atoms with Crippen molar-refractivity contribution in [3.05, 3.63) is 71.0 Å². The standard InChI is InChI=1S/C22H27FN2O/c1-17-3-5-19(6-4-17)16-25(21-11-13-24(2)14-12-21)22(26)15-18-7-9-20(23)10-8-18/h3-10,21H,11-16H2,1-2H3. The molecule has 1 aliphatic heterocycles. The van der Waals surface area contributed by atoms with E-state index in [-0.39, 0.29) is 17.8 Å². The Morgan fingerprint density at radius 3 is 2.23 bits per heavy atom. The fraction of sp³-hybridized carbons (Fsp3) is 0.409. The number of rotatable bonds is 5. The molecule has 1 aliphatic rings. The molecular weight excluding hydrogens is 327 g/mol. The zero-order valence-electron chi connectivity index (χ0n) is 15.6. The van der Waals surface area contributed by atoms with Gasteiger partial charge in [0.25, 0.3) is 0 Å². The zero-order chi connectivity index (χ0) is 18.5. The fourth-order valence-electron chi connectivity index (χ4n) is 3.50. The minimum atomic E-state index is -0.270. The van der Waals surface area contributed by atoms with Crippen LogP contribution in [0.15, 0.2) is 48.5 Å². The Morgan fingerprint density at radius 2 is 1.62 bits per heavy atom. The van der Waals surface area contributed by atoms with Crippen LogP contribution in [0.2, 0.25) is 0 Å². The highest BCUT2D eigenvalue weighted by Gasteiger charge is 2.27. The number of carbonyl (C=O) groups excluding carboxylic acids is 1. The van der Waals surface area contributed by atoms with Crippen molar-refractivity contribution in [3.8, 4) is 0 Å². The molecule has 138 valence electrons. The highest BCUT2D eigenvalue weighted by molar-refractivity contribution is 5.79. The summed E-state index contributed by atoms with van der Waals surface area (Å²) in [5, 5.41) is 0. The van der Waals surface area contributed by atoms with Crippen LogP contribution in [-0.2, 0) is 17.8 Å². The Balaban J connectivity index is 1.75. The molecule has 1 heterocycles. The number of hydrogen-bond acceptors (Lipinski definition) is 2. The molecular formula is C22H27FN2O. The first-order valence-corrected chi connectivity index (χ1v) is 9.29. The lowest BCUT2D eigenvalue weighted by Gasteiger charge is -2.37. The molecule has 1 fully saturated rings. The molecule has 0 aliphatic carbocycles. The second-order valence-electron chi connectivity index (χ2n) is 7.34. The van der Waals surface area contributed by atoms with Crippen molar-refractivity contribution >= 4 is 5.91 Å². The van der Waals surface area contributed by atoms with Crippen LogP contribution in [0.4, 0.5) is 4.39 Å². The van der Waals surface area contributed by atoms with E-state index in [1.807, 2.05) is 4.90 Å². The highest BCUT2D eigenvalue weighted by atomic mass is 19.1. The Hall–Kier alpha value is -2.20. The molecule has 0 N–H and O–H groups in total. The van der Waals surface area contributed by atoms with Crippen LogP contribution >= 0.6 is 0 Å². The predicted molar refractivity (Wildman–Crippen MR) is 102 cm³/mol. The van der Waals surface area contributed by atoms with E-state index in [0.29, 0.717) is 13.0 Å². The summed E-state index contributed by atoms with van der Waals surface area (Å²) in [5.41, 5.74) is 3.23. The normalized spacial score (nSPS) is 15.8. The maximum atomic E-state index is 13.1. The third-order valence-corrected chi connectivity index (χ3v) is 5.19. The van der Waals surface area contributed by atoms with Gasteiger partial charge in [0.05, 0.1) is 6.42 Å². The molecule has 3 nitrogen and oxygen atoms in total. The highest BCUT2D eigenvalue weighted by Crippen LogP contribution is 2.20. The number of halogens is 1. The molecule has 0 unspecified atom stereocenters. The maximum absolute atomic E-state index is 13.1. The Kier molecular flexibility index (Phi) is 6.04. The Bertz CT molecular complexity index is 719. The van der Waals surface area contributed by atoms with E-state index in [1.54, 1.807) is 12.1 Å². The van der Waals surface area contributed by atoms with E-state index in [1.165, 1.54) is 17.7 Å². The zero-order valence-corrected chi connectivity index (χ0v) is 15.6. The predicted octanol–water partition coefficient (Wildman–Crippen LogP) is 3.80. The van der Waals surface area contributed by atoms with E-state index in [0.717, 1.165) is 37.1 Å². The Morgan fingerprint density at radius 1 is 1.04 bits per heavy atom. The molecule has 0 spiro atoms. The third kappa shape index (κ3) is 4.92. The molecule has 0 aromatic heterocycles. The molecule has 0 saturated carbocycles. The molecule has 0 bridgehead atoms. The summed E-state index contributed by atoms with van der Waals surface area (Å²) in [5.74, 6) is -0.153. The van der Waals surface area contributed by atoms with Gasteiger partial charge >= 0.3 is 0 Å². The number of amides is 1. The first-order valence-electron chi connectivity index (χ1n) is 9.29. The van der Waals surface area contributed by atoms with E-state index < -0.39 is 0 Å². The minimum absolute atomic E-state index is 0.117. The van der Waals surface area contributed by atoms with Gasteiger partial charge in [-0.3, -0.25) is 4.79 Å². The minimum Gasteiger partial charge on any atom is -0.335 e. The van der Waals surface area contributed by atoms with Crippen LogP contribution in [0, 0.1) is 12.7 Å². The average molecular weight is 354 g/mol. The van der Waals surface area contributed by atoms with Gasteiger partial charge in [0.15, 0.2) is 0 Å². The largest absolute Gasteiger partial charge is 0.335 e. The number of hydrogen-bond donors (Lipinski definition) is 0. The van der Waals surface area contributed by atoms with Gasteiger partial charge in [-0.05, 0) is 63.2 Å². The summed E-state index contributed by atoms with van der Waals surface area (Å²) in [6, 6.07) is 14.9. The maximum Gasteiger partial charge on any atom is 0.227 e. The molecule has 4 heteroatoms. The van der Waals surface area contributed by atoms with Crippen molar-refractivity contribution in [2.24, 2.45) is 0 Å². The number of likely N-dealkylation sites (tertiary alicyclic amines) is 1. The lowest BCUT2D eigenvalue weighted by atomic mass is 10.0. The number of nitrogens with zero attached hydrogens (tertiary/aromatic N) is 2. The van der Waals surface area contributed by atoms with Gasteiger partial charge in [0, 0.05) is 12.6 Å². The van der Waals surface area contributed by atoms with Crippen LogP contribution in [0.25, 0.3) is 0 Å². The smallest absolute Gasteiger partial charge is 0.227 e. The van der Waals surface area contributed by atoms with Gasteiger partial charge in [-0.2, -0.15) is 0 Å². The van der Waals surface area contributed by atoms with Crippen molar-refractivity contribution in [1.82, 2.24) is 9.80 Å². The number of piperidine rings is 1. The molecule has 0 atom stereocenters. The van der Waals surface area contributed by atoms with Gasteiger partial charge in [-0.25, -0.2) is 4.39 Å². The van der Waals surface area contributed by atoms with Gasteiger partial charge < -0.3 is 9.80 Å². The van der Waals surface area contributed by atoms with Gasteiger partial charge in [0.1, 0.15) is 5.82 Å². The van der Waals surface area contributed by atoms with Gasteiger partial charge in [-0.1, -0.05) is 42.0 Å². The fourth-order valence-corrected chi connectivity index (χ4v) is 3.50. The molecule has 2 aromatic carbocycles. The monoisotopic (exact) mass is 354 g/mol. The van der Waals surface area contributed by atoms with Crippen LogP contribution < -0.4 is 0 Å². The molecule has 0 radical (unpaired) electrons. The molecule has 3 rings (SSSR count). The van der Waals surface area contributed by atoms with Crippen molar-refractivity contribution in [3.63, 3.8) is 0 Å². The summed E-state index contributed by atoms with van der Waals surface area (Å²) in [4.78, 5) is 17.4. The topological polar surface area (TPSA) is 23.6 Å². The van der Waals surface area contributed by atoms with Crippen molar-refractivity contribution in [2.75, 3.05) is 20.1 Å². The molecule has 26 heavy (non-hydrogen) atoms. The summed E-state index contributed by atoms with van der Waals surface area (Å²) in [7, 11) is 2.13. The summed E-state index contributed by atoms with van der Waals surface area (Å²) in [6.45, 7) is 4.73. The van der Waals surface area contributed by atoms with E-state index in [9.17, 15) is 9.18 Å². The van der Waals surface area contributed by atoms with E-state index >= 15 is 0 Å². The lowest BCUT2D eigenvalue weighted by Crippen LogP contribution is -2.46. The summed E-state index contributed by atoms with van der Waals surface area (Å²) in [6.07, 6.45) is 2.31. The number of carbonyl (C=O) groups is 1. The van der Waals surface area contributed by atoms with Crippen LogP contribution in [0.3, 0.4) is 0 Å². The van der Waals surface area contributed by atoms with Crippen molar-refractivity contribution in [2.45, 2.75) is 38.8 Å². The van der Waals surface area contributed by atoms with Crippen molar-refractivity contribution in [1.29, 1.82) is 0 Å². The quantitative estimate of drug-likeness (QED) is 0.815. The lowest BCUT2D eigenvalue weighted by molar-refractivity contribution is -0.134. The molecule has 1 saturated heterocycles. The summed E-state index contributed by atoms with van der Waals surface area (Å²) >= 11 is 0. The number of aryl methyl sites for hydroxylation is 1. The Labute approximate surface area is 155 Å². The van der Waals surface area contributed by atoms with E-state index in [4.69, 9.17) is 0 Å². The van der Waals surface area contributed by atoms with Gasteiger partial charge in [0.2, 0.25) is 5.91 Å². The van der Waals surface area contributed by atoms with E-state index in [2.05, 4.69) is 43.1 Å². The second-order valence-corrected chi connectivity index (χ2v) is 7.34. The first-order chi connectivity index (χ1) is 12.5. The SMILES string of the molecule is Cc1ccc(CN(C(=O)Cc2ccc(F)cc2)C2CCN(C)CC2)cc1. The van der Waals surface area contributed by atoms with Crippen LogP contribution in [-0.4, -0.2) is 41.9 Å². The molecule has 1 amide bonds. The first kappa shape index (κ1) is 18.6. The average Bonchev–Trinajstić information content (AvgIpc) is 2.64. The van der Waals surface area contributed by atoms with Gasteiger partial charge in [-0.15, -0.1) is 0 Å². The summed E-state index contributed by atoms with van der Waals surface area (Å²) < 4.78 is 13.1. The number of benzene rings is 2. The third-order valence-electron chi connectivity index (χ3n) is 5.19. The van der Waals surface area contributed by atoms with Crippen LogP contribution in [0.1, 0.15) is 29.5 Å². The van der Waals surface area contributed by atoms with Crippen LogP contribution in [0.5, 0.6) is 0 Å². The molecule has 2 aromatic rings. The second kappa shape index (κ2) is 8.45. The van der Waals surface area contributed by atoms with Crippen molar-refractivity contribution < 1.29 is 9.18 Å².